The predicted molar refractivity (Wildman–Crippen MR) is 158 cm³/mol. The van der Waals surface area contributed by atoms with Crippen molar-refractivity contribution in [2.24, 2.45) is 0 Å². The highest BCUT2D eigenvalue weighted by atomic mass is 35.5. The van der Waals surface area contributed by atoms with E-state index in [9.17, 15) is 14.0 Å². The third-order valence-corrected chi connectivity index (χ3v) is 8.90. The highest BCUT2D eigenvalue weighted by molar-refractivity contribution is 7.20. The molecule has 5 rings (SSSR count). The smallest absolute Gasteiger partial charge is 0.412 e. The number of methoxy groups -OCH3 is 1. The first kappa shape index (κ1) is 28.1. The van der Waals surface area contributed by atoms with Crippen LogP contribution in [0.1, 0.15) is 43.9 Å². The molecule has 1 atom stereocenters. The second-order valence-electron chi connectivity index (χ2n) is 9.76. The Labute approximate surface area is 245 Å². The number of carbonyl (C=O) groups excluding carboxylic acids is 2. The van der Waals surface area contributed by atoms with Crippen molar-refractivity contribution in [2.75, 3.05) is 12.4 Å². The number of halogens is 3. The highest BCUT2D eigenvalue weighted by Crippen LogP contribution is 2.49. The van der Waals surface area contributed by atoms with Crippen molar-refractivity contribution in [3.05, 3.63) is 93.0 Å². The van der Waals surface area contributed by atoms with Crippen LogP contribution in [0.3, 0.4) is 0 Å². The molecule has 9 heteroatoms. The summed E-state index contributed by atoms with van der Waals surface area (Å²) >= 11 is 13.8. The summed E-state index contributed by atoms with van der Waals surface area (Å²) in [7, 11) is 1.60. The van der Waals surface area contributed by atoms with E-state index in [2.05, 4.69) is 5.32 Å². The van der Waals surface area contributed by atoms with Gasteiger partial charge in [0.05, 0.1) is 32.4 Å². The van der Waals surface area contributed by atoms with Crippen LogP contribution in [0.2, 0.25) is 9.36 Å². The van der Waals surface area contributed by atoms with Crippen molar-refractivity contribution in [3.63, 3.8) is 0 Å². The normalized spacial score (nSPS) is 14.3. The predicted octanol–water partition coefficient (Wildman–Crippen LogP) is 9.47. The summed E-state index contributed by atoms with van der Waals surface area (Å²) in [5.74, 6) is 0.385. The van der Waals surface area contributed by atoms with E-state index in [0.29, 0.717) is 21.3 Å². The summed E-state index contributed by atoms with van der Waals surface area (Å²) in [6.07, 6.45) is 0.380. The number of ketones is 1. The molecule has 0 spiro atoms. The van der Waals surface area contributed by atoms with Gasteiger partial charge in [-0.3, -0.25) is 10.1 Å². The molecule has 1 amide bonds. The third kappa shape index (κ3) is 5.59. The average molecular weight is 599 g/mol. The molecule has 1 N–H and O–H groups in total. The maximum atomic E-state index is 13.4. The van der Waals surface area contributed by atoms with E-state index >= 15 is 0 Å². The fraction of sp³-hybridized carbons (Fsp3) is 0.226. The van der Waals surface area contributed by atoms with Crippen LogP contribution in [0, 0.1) is 5.82 Å². The van der Waals surface area contributed by atoms with Gasteiger partial charge in [-0.1, -0.05) is 65.7 Å². The van der Waals surface area contributed by atoms with Crippen LogP contribution in [0.15, 0.2) is 66.7 Å². The number of nitrogens with one attached hydrogen (secondary N) is 1. The molecule has 1 saturated carbocycles. The van der Waals surface area contributed by atoms with Crippen LogP contribution in [0.5, 0.6) is 5.75 Å². The third-order valence-electron chi connectivity index (χ3n) is 7.26. The van der Waals surface area contributed by atoms with Gasteiger partial charge in [-0.15, -0.1) is 11.3 Å². The number of ether oxygens (including phenoxy) is 2. The summed E-state index contributed by atoms with van der Waals surface area (Å²) in [6, 6.07) is 19.4. The fourth-order valence-corrected chi connectivity index (χ4v) is 6.37. The maximum absolute atomic E-state index is 13.4. The molecule has 0 saturated heterocycles. The minimum atomic E-state index is -0.707. The molecule has 1 fully saturated rings. The van der Waals surface area contributed by atoms with Gasteiger partial charge >= 0.3 is 6.09 Å². The Balaban J connectivity index is 1.36. The zero-order valence-electron chi connectivity index (χ0n) is 22.0. The maximum Gasteiger partial charge on any atom is 0.412 e. The largest absolute Gasteiger partial charge is 0.496 e. The van der Waals surface area contributed by atoms with E-state index in [1.807, 2.05) is 42.5 Å². The molecule has 0 aliphatic heterocycles. The monoisotopic (exact) mass is 597 g/mol. The van der Waals surface area contributed by atoms with Gasteiger partial charge in [-0.05, 0) is 67.6 Å². The lowest BCUT2D eigenvalue weighted by Gasteiger charge is -2.16. The molecule has 206 valence electrons. The van der Waals surface area contributed by atoms with Crippen LogP contribution < -0.4 is 10.1 Å². The van der Waals surface area contributed by atoms with Gasteiger partial charge in [-0.25, -0.2) is 9.18 Å². The molecule has 0 radical (unpaired) electrons. The zero-order valence-corrected chi connectivity index (χ0v) is 24.3. The lowest BCUT2D eigenvalue weighted by atomic mass is 9.90. The van der Waals surface area contributed by atoms with Crippen LogP contribution in [0.25, 0.3) is 21.6 Å². The molecule has 0 bridgehead atoms. The number of hydrogen-bond acceptors (Lipinski definition) is 5. The second kappa shape index (κ2) is 11.2. The Morgan fingerprint density at radius 1 is 1.00 bits per heavy atom. The Bertz CT molecular complexity index is 1600. The topological polar surface area (TPSA) is 64.6 Å². The lowest BCUT2D eigenvalue weighted by Crippen LogP contribution is -2.16. The number of thiophene rings is 1. The Morgan fingerprint density at radius 2 is 1.70 bits per heavy atom. The molecule has 40 heavy (non-hydrogen) atoms. The number of anilines is 1. The fourth-order valence-electron chi connectivity index (χ4n) is 4.87. The van der Waals surface area contributed by atoms with Gasteiger partial charge in [0.2, 0.25) is 0 Å². The standard InChI is InChI=1S/C31H26Cl2FNO4S/c1-17(23-11-9-22(34)15-25(23)32)39-30(37)35-26-16-28(33)40-29(26)20-6-10-24(27(14-20)38-3)19-4-7-21(8-5-19)31(12-13-31)18(2)36/h4-11,14-17H,12-13H2,1-3H3,(H,35,37)/t17-/m1/s1. The summed E-state index contributed by atoms with van der Waals surface area (Å²) in [5, 5.41) is 2.93. The van der Waals surface area contributed by atoms with E-state index < -0.39 is 18.0 Å². The van der Waals surface area contributed by atoms with Gasteiger partial charge < -0.3 is 9.47 Å². The van der Waals surface area contributed by atoms with Crippen molar-refractivity contribution in [3.8, 4) is 27.3 Å². The molecule has 0 unspecified atom stereocenters. The summed E-state index contributed by atoms with van der Waals surface area (Å²) < 4.78 is 25.1. The first-order valence-corrected chi connectivity index (χ1v) is 14.2. The van der Waals surface area contributed by atoms with Gasteiger partial charge in [0.15, 0.2) is 0 Å². The van der Waals surface area contributed by atoms with E-state index in [-0.39, 0.29) is 16.2 Å². The van der Waals surface area contributed by atoms with E-state index in [4.69, 9.17) is 32.7 Å². The molecular formula is C31H26Cl2FNO4S. The van der Waals surface area contributed by atoms with E-state index in [0.717, 1.165) is 40.0 Å². The molecular weight excluding hydrogens is 572 g/mol. The molecule has 1 aliphatic carbocycles. The summed E-state index contributed by atoms with van der Waals surface area (Å²) in [5.41, 5.74) is 4.36. The van der Waals surface area contributed by atoms with Crippen molar-refractivity contribution in [1.82, 2.24) is 0 Å². The van der Waals surface area contributed by atoms with Gasteiger partial charge in [0.1, 0.15) is 23.5 Å². The minimum Gasteiger partial charge on any atom is -0.496 e. The number of hydrogen-bond donors (Lipinski definition) is 1. The van der Waals surface area contributed by atoms with E-state index in [1.165, 1.54) is 29.5 Å². The Morgan fingerprint density at radius 3 is 2.33 bits per heavy atom. The number of amides is 1. The van der Waals surface area contributed by atoms with Crippen molar-refractivity contribution in [2.45, 2.75) is 38.2 Å². The summed E-state index contributed by atoms with van der Waals surface area (Å²) in [4.78, 5) is 25.6. The molecule has 5 nitrogen and oxygen atoms in total. The Kier molecular flexibility index (Phi) is 7.91. The quantitative estimate of drug-likeness (QED) is 0.219. The minimum absolute atomic E-state index is 0.173. The van der Waals surface area contributed by atoms with Crippen LogP contribution in [-0.2, 0) is 14.9 Å². The second-order valence-corrected chi connectivity index (χ2v) is 11.9. The van der Waals surface area contributed by atoms with Crippen molar-refractivity contribution in [1.29, 1.82) is 0 Å². The van der Waals surface area contributed by atoms with Gasteiger partial charge in [0, 0.05) is 11.1 Å². The van der Waals surface area contributed by atoms with Gasteiger partial charge in [0.25, 0.3) is 0 Å². The highest BCUT2D eigenvalue weighted by Gasteiger charge is 2.48. The van der Waals surface area contributed by atoms with Crippen LogP contribution >= 0.6 is 34.5 Å². The van der Waals surface area contributed by atoms with Crippen molar-refractivity contribution < 1.29 is 23.5 Å². The molecule has 1 aliphatic rings. The molecule has 1 heterocycles. The zero-order chi connectivity index (χ0) is 28.6. The number of benzene rings is 3. The molecule has 1 aromatic heterocycles. The number of Topliss-reactive ketones (excluding diaryl/α,β-unsaturated/α-hetero) is 1. The number of carbonyl (C=O) groups is 2. The van der Waals surface area contributed by atoms with Crippen molar-refractivity contribution >= 4 is 52.1 Å². The Hall–Kier alpha value is -3.39. The van der Waals surface area contributed by atoms with Gasteiger partial charge in [-0.2, -0.15) is 0 Å². The van der Waals surface area contributed by atoms with E-state index in [1.54, 1.807) is 27.0 Å². The molecule has 3 aromatic carbocycles. The SMILES string of the molecule is COc1cc(-c2sc(Cl)cc2NC(=O)O[C@H](C)c2ccc(F)cc2Cl)ccc1-c1ccc(C2(C(C)=O)CC2)cc1. The van der Waals surface area contributed by atoms with Crippen LogP contribution in [-0.4, -0.2) is 19.0 Å². The first-order valence-electron chi connectivity index (χ1n) is 12.6. The lowest BCUT2D eigenvalue weighted by molar-refractivity contribution is -0.119. The first-order chi connectivity index (χ1) is 19.1. The number of rotatable bonds is 8. The average Bonchev–Trinajstić information content (AvgIpc) is 3.66. The summed E-state index contributed by atoms with van der Waals surface area (Å²) in [6.45, 7) is 3.31. The molecule has 4 aromatic rings. The van der Waals surface area contributed by atoms with Crippen LogP contribution in [0.4, 0.5) is 14.9 Å².